The van der Waals surface area contributed by atoms with Gasteiger partial charge in [0.15, 0.2) is 11.5 Å². The van der Waals surface area contributed by atoms with Gasteiger partial charge in [-0.05, 0) is 24.6 Å². The third-order valence-corrected chi connectivity index (χ3v) is 3.25. The van der Waals surface area contributed by atoms with Gasteiger partial charge in [0.1, 0.15) is 19.3 Å². The number of rotatable bonds is 4. The molecule has 6 heteroatoms. The lowest BCUT2D eigenvalue weighted by atomic mass is 10.1. The molecule has 0 bridgehead atoms. The number of aliphatic carboxylic acids is 1. The fourth-order valence-electron chi connectivity index (χ4n) is 2.14. The molecule has 0 aromatic heterocycles. The van der Waals surface area contributed by atoms with Gasteiger partial charge in [0.25, 0.3) is 5.91 Å². The zero-order valence-electron chi connectivity index (χ0n) is 11.5. The molecular weight excluding hydrogens is 262 g/mol. The van der Waals surface area contributed by atoms with Crippen LogP contribution in [0.4, 0.5) is 0 Å². The molecule has 108 valence electrons. The molecule has 1 heterocycles. The van der Waals surface area contributed by atoms with Gasteiger partial charge in [-0.2, -0.15) is 0 Å². The number of amides is 1. The summed E-state index contributed by atoms with van der Waals surface area (Å²) in [5, 5.41) is 9.09. The normalized spacial score (nSPS) is 14.5. The lowest BCUT2D eigenvalue weighted by Gasteiger charge is -2.24. The third kappa shape index (κ3) is 2.68. The number of carboxylic acids is 1. The van der Waals surface area contributed by atoms with E-state index in [4.69, 9.17) is 14.6 Å². The second-order valence-electron chi connectivity index (χ2n) is 4.54. The van der Waals surface area contributed by atoms with E-state index in [1.54, 1.807) is 25.1 Å². The predicted molar refractivity (Wildman–Crippen MR) is 71.2 cm³/mol. The molecule has 1 amide bonds. The Labute approximate surface area is 116 Å². The van der Waals surface area contributed by atoms with Crippen molar-refractivity contribution in [2.45, 2.75) is 19.4 Å². The summed E-state index contributed by atoms with van der Waals surface area (Å²) < 4.78 is 10.8. The molecule has 20 heavy (non-hydrogen) atoms. The van der Waals surface area contributed by atoms with Gasteiger partial charge in [-0.1, -0.05) is 6.92 Å². The molecule has 1 unspecified atom stereocenters. The number of hydrogen-bond acceptors (Lipinski definition) is 4. The van der Waals surface area contributed by atoms with Gasteiger partial charge in [0, 0.05) is 12.6 Å². The second kappa shape index (κ2) is 5.81. The predicted octanol–water partition coefficient (Wildman–Crippen LogP) is 1.39. The molecular formula is C14H17NO5. The van der Waals surface area contributed by atoms with Crippen LogP contribution in [-0.4, -0.2) is 48.2 Å². The van der Waals surface area contributed by atoms with Gasteiger partial charge in [0.05, 0.1) is 0 Å². The number of nitrogens with zero attached hydrogens (tertiary/aromatic N) is 1. The quantitative estimate of drug-likeness (QED) is 0.901. The molecule has 1 N–H and O–H groups in total. The Hall–Kier alpha value is -2.24. The van der Waals surface area contributed by atoms with Crippen LogP contribution in [0.25, 0.3) is 0 Å². The van der Waals surface area contributed by atoms with Crippen molar-refractivity contribution >= 4 is 11.9 Å². The van der Waals surface area contributed by atoms with Gasteiger partial charge in [-0.3, -0.25) is 4.79 Å². The standard InChI is InChI=1S/C14H17NO5/c1-3-10(14(17)18)15(2)13(16)9-4-5-11-12(8-9)20-7-6-19-11/h4-5,8,10H,3,6-7H2,1-2H3,(H,17,18). The summed E-state index contributed by atoms with van der Waals surface area (Å²) in [7, 11) is 1.49. The molecule has 1 aliphatic rings. The Balaban J connectivity index is 2.22. The van der Waals surface area contributed by atoms with Crippen LogP contribution in [0.1, 0.15) is 23.7 Å². The van der Waals surface area contributed by atoms with Gasteiger partial charge >= 0.3 is 5.97 Å². The minimum Gasteiger partial charge on any atom is -0.486 e. The highest BCUT2D eigenvalue weighted by Crippen LogP contribution is 2.31. The lowest BCUT2D eigenvalue weighted by molar-refractivity contribution is -0.142. The Morgan fingerprint density at radius 3 is 2.55 bits per heavy atom. The van der Waals surface area contributed by atoms with E-state index in [0.717, 1.165) is 0 Å². The number of carboxylic acid groups (broad SMARTS) is 1. The number of benzene rings is 1. The molecule has 0 saturated heterocycles. The fourth-order valence-corrected chi connectivity index (χ4v) is 2.14. The number of ether oxygens (including phenoxy) is 2. The summed E-state index contributed by atoms with van der Waals surface area (Å²) in [4.78, 5) is 24.6. The zero-order valence-corrected chi connectivity index (χ0v) is 11.5. The summed E-state index contributed by atoms with van der Waals surface area (Å²) >= 11 is 0. The number of hydrogen-bond donors (Lipinski definition) is 1. The van der Waals surface area contributed by atoms with Crippen molar-refractivity contribution in [1.29, 1.82) is 0 Å². The number of carbonyl (C=O) groups is 2. The number of likely N-dealkylation sites (N-methyl/N-ethyl adjacent to an activating group) is 1. The maximum absolute atomic E-state index is 12.3. The van der Waals surface area contributed by atoms with E-state index in [1.165, 1.54) is 11.9 Å². The first kappa shape index (κ1) is 14.2. The maximum atomic E-state index is 12.3. The summed E-state index contributed by atoms with van der Waals surface area (Å²) in [6.07, 6.45) is 0.349. The van der Waals surface area contributed by atoms with E-state index in [9.17, 15) is 9.59 Å². The van der Waals surface area contributed by atoms with Crippen LogP contribution in [-0.2, 0) is 4.79 Å². The van der Waals surface area contributed by atoms with E-state index < -0.39 is 12.0 Å². The molecule has 1 aromatic rings. The first-order chi connectivity index (χ1) is 9.54. The molecule has 1 aromatic carbocycles. The number of carbonyl (C=O) groups excluding carboxylic acids is 1. The van der Waals surface area contributed by atoms with Crippen LogP contribution in [0, 0.1) is 0 Å². The largest absolute Gasteiger partial charge is 0.486 e. The zero-order chi connectivity index (χ0) is 14.7. The molecule has 1 atom stereocenters. The van der Waals surface area contributed by atoms with E-state index in [-0.39, 0.29) is 5.91 Å². The summed E-state index contributed by atoms with van der Waals surface area (Å²) in [6, 6.07) is 4.02. The van der Waals surface area contributed by atoms with Crippen molar-refractivity contribution in [3.63, 3.8) is 0 Å². The molecule has 0 radical (unpaired) electrons. The van der Waals surface area contributed by atoms with Crippen molar-refractivity contribution in [2.24, 2.45) is 0 Å². The highest BCUT2D eigenvalue weighted by molar-refractivity contribution is 5.97. The van der Waals surface area contributed by atoms with Crippen LogP contribution < -0.4 is 9.47 Å². The average molecular weight is 279 g/mol. The van der Waals surface area contributed by atoms with Gasteiger partial charge in [-0.25, -0.2) is 4.79 Å². The SMILES string of the molecule is CCC(C(=O)O)N(C)C(=O)c1ccc2c(c1)OCCO2. The van der Waals surface area contributed by atoms with Gasteiger partial charge < -0.3 is 19.5 Å². The highest BCUT2D eigenvalue weighted by Gasteiger charge is 2.26. The van der Waals surface area contributed by atoms with Crippen LogP contribution >= 0.6 is 0 Å². The van der Waals surface area contributed by atoms with E-state index >= 15 is 0 Å². The van der Waals surface area contributed by atoms with Crippen molar-refractivity contribution in [3.05, 3.63) is 23.8 Å². The molecule has 0 spiro atoms. The van der Waals surface area contributed by atoms with Crippen molar-refractivity contribution in [2.75, 3.05) is 20.3 Å². The Morgan fingerprint density at radius 1 is 1.30 bits per heavy atom. The Morgan fingerprint density at radius 2 is 1.95 bits per heavy atom. The Kier molecular flexibility index (Phi) is 4.12. The smallest absolute Gasteiger partial charge is 0.326 e. The van der Waals surface area contributed by atoms with E-state index in [0.29, 0.717) is 36.7 Å². The lowest BCUT2D eigenvalue weighted by Crippen LogP contribution is -2.42. The van der Waals surface area contributed by atoms with E-state index in [2.05, 4.69) is 0 Å². The molecule has 2 rings (SSSR count). The van der Waals surface area contributed by atoms with Crippen LogP contribution in [0.15, 0.2) is 18.2 Å². The monoisotopic (exact) mass is 279 g/mol. The highest BCUT2D eigenvalue weighted by atomic mass is 16.6. The van der Waals surface area contributed by atoms with Crippen LogP contribution in [0.2, 0.25) is 0 Å². The molecule has 0 fully saturated rings. The van der Waals surface area contributed by atoms with Crippen LogP contribution in [0.3, 0.4) is 0 Å². The molecule has 0 aliphatic carbocycles. The third-order valence-electron chi connectivity index (χ3n) is 3.25. The first-order valence-corrected chi connectivity index (χ1v) is 6.44. The number of fused-ring (bicyclic) bond motifs is 1. The molecule has 1 aliphatic heterocycles. The van der Waals surface area contributed by atoms with Crippen LogP contribution in [0.5, 0.6) is 11.5 Å². The van der Waals surface area contributed by atoms with Crippen molar-refractivity contribution < 1.29 is 24.2 Å². The first-order valence-electron chi connectivity index (χ1n) is 6.44. The minimum atomic E-state index is -1.01. The summed E-state index contributed by atoms with van der Waals surface area (Å²) in [5.41, 5.74) is 0.386. The fraction of sp³-hybridized carbons (Fsp3) is 0.429. The molecule has 0 saturated carbocycles. The van der Waals surface area contributed by atoms with E-state index in [1.807, 2.05) is 0 Å². The summed E-state index contributed by atoms with van der Waals surface area (Å²) in [5.74, 6) is -0.253. The average Bonchev–Trinajstić information content (AvgIpc) is 2.46. The molecule has 6 nitrogen and oxygen atoms in total. The minimum absolute atomic E-state index is 0.349. The maximum Gasteiger partial charge on any atom is 0.326 e. The second-order valence-corrected chi connectivity index (χ2v) is 4.54. The summed E-state index contributed by atoms with van der Waals surface area (Å²) in [6.45, 7) is 2.65. The Bertz CT molecular complexity index is 528. The van der Waals surface area contributed by atoms with Crippen molar-refractivity contribution in [1.82, 2.24) is 4.90 Å². The topological polar surface area (TPSA) is 76.1 Å². The van der Waals surface area contributed by atoms with Crippen molar-refractivity contribution in [3.8, 4) is 11.5 Å². The van der Waals surface area contributed by atoms with Gasteiger partial charge in [0.2, 0.25) is 0 Å². The van der Waals surface area contributed by atoms with Gasteiger partial charge in [-0.15, -0.1) is 0 Å².